The SMILES string of the molecule is C#C/C=C\C(Cl)=C/CNC(=O)[C@@]1(C)[C@@H](c2cccc(Cl)c2F)[C@@H]2N[C@@H](c3ccc(C(=O)NC#Cc4cccc5c4C(=O)N(C4CCC(=O)NC4=O)C5=O)cc3)C[C@@H]2N1CC1CC1. The third kappa shape index (κ3) is 7.94. The molecule has 3 aromatic carbocycles. The summed E-state index contributed by atoms with van der Waals surface area (Å²) in [7, 11) is 0. The molecule has 0 spiro atoms. The molecule has 0 radical (unpaired) electrons. The molecule has 3 saturated heterocycles. The van der Waals surface area contributed by atoms with Crippen molar-refractivity contribution in [1.82, 2.24) is 31.1 Å². The minimum atomic E-state index is -1.16. The summed E-state index contributed by atoms with van der Waals surface area (Å²) in [5.74, 6) is 1.06. The Bertz CT molecular complexity index is 2570. The normalized spacial score (nSPS) is 25.8. The number of hydrogen-bond acceptors (Lipinski definition) is 8. The third-order valence-corrected chi connectivity index (χ3v) is 13.1. The quantitative estimate of drug-likeness (QED) is 0.0951. The molecule has 6 atom stereocenters. The van der Waals surface area contributed by atoms with Crippen LogP contribution in [0.2, 0.25) is 5.02 Å². The van der Waals surface area contributed by atoms with Gasteiger partial charge in [-0.3, -0.25) is 49.2 Å². The van der Waals surface area contributed by atoms with E-state index in [0.29, 0.717) is 35.0 Å². The Hall–Kier alpha value is -6.09. The van der Waals surface area contributed by atoms with E-state index in [2.05, 4.69) is 44.1 Å². The molecule has 1 unspecified atom stereocenters. The number of carbonyl (C=O) groups is 6. The average molecular weight is 876 g/mol. The van der Waals surface area contributed by atoms with Crippen molar-refractivity contribution in [3.05, 3.63) is 128 Å². The molecule has 1 saturated carbocycles. The number of allylic oxidation sites excluding steroid dienone is 3. The minimum absolute atomic E-state index is 0.00481. The summed E-state index contributed by atoms with van der Waals surface area (Å²) in [6.07, 6.45) is 12.7. The first-order chi connectivity index (χ1) is 29.8. The number of piperidine rings is 1. The number of fused-ring (bicyclic) bond motifs is 2. The lowest BCUT2D eigenvalue weighted by molar-refractivity contribution is -0.136. The van der Waals surface area contributed by atoms with Crippen LogP contribution >= 0.6 is 23.2 Å². The second kappa shape index (κ2) is 17.3. The molecule has 316 valence electrons. The molecule has 5 aliphatic rings. The van der Waals surface area contributed by atoms with Crippen LogP contribution in [0.4, 0.5) is 4.39 Å². The molecular weight excluding hydrogens is 834 g/mol. The summed E-state index contributed by atoms with van der Waals surface area (Å²) in [5.41, 5.74) is 0.692. The molecule has 4 fully saturated rings. The van der Waals surface area contributed by atoms with Crippen LogP contribution in [-0.2, 0) is 14.4 Å². The lowest BCUT2D eigenvalue weighted by Crippen LogP contribution is -2.58. The van der Waals surface area contributed by atoms with E-state index in [9.17, 15) is 28.8 Å². The largest absolute Gasteiger partial charge is 0.351 e. The number of likely N-dealkylation sites (tertiary alicyclic amines) is 1. The van der Waals surface area contributed by atoms with Gasteiger partial charge in [0.15, 0.2) is 0 Å². The van der Waals surface area contributed by atoms with Crippen LogP contribution in [0.5, 0.6) is 0 Å². The molecule has 4 N–H and O–H groups in total. The lowest BCUT2D eigenvalue weighted by Gasteiger charge is -2.41. The van der Waals surface area contributed by atoms with E-state index in [1.54, 1.807) is 42.5 Å². The van der Waals surface area contributed by atoms with Crippen molar-refractivity contribution < 1.29 is 33.2 Å². The molecule has 0 bridgehead atoms. The summed E-state index contributed by atoms with van der Waals surface area (Å²) >= 11 is 12.6. The van der Waals surface area contributed by atoms with Gasteiger partial charge in [-0.2, -0.15) is 0 Å². The fourth-order valence-electron chi connectivity index (χ4n) is 9.31. The number of amides is 6. The maximum atomic E-state index is 16.1. The fourth-order valence-corrected chi connectivity index (χ4v) is 9.63. The zero-order chi connectivity index (χ0) is 43.9. The van der Waals surface area contributed by atoms with Gasteiger partial charge in [-0.1, -0.05) is 59.5 Å². The van der Waals surface area contributed by atoms with Gasteiger partial charge in [-0.25, -0.2) is 4.39 Å². The van der Waals surface area contributed by atoms with E-state index in [-0.39, 0.29) is 65.1 Å². The topological polar surface area (TPSA) is 157 Å². The first-order valence-corrected chi connectivity index (χ1v) is 21.1. The van der Waals surface area contributed by atoms with Crippen LogP contribution in [0.1, 0.15) is 98.8 Å². The molecular formula is C47H41Cl2FN6O6. The van der Waals surface area contributed by atoms with Crippen LogP contribution in [0.25, 0.3) is 0 Å². The third-order valence-electron chi connectivity index (χ3n) is 12.5. The molecule has 4 heterocycles. The van der Waals surface area contributed by atoms with E-state index in [1.807, 2.05) is 19.1 Å². The summed E-state index contributed by atoms with van der Waals surface area (Å²) in [6, 6.07) is 17.3. The van der Waals surface area contributed by atoms with Gasteiger partial charge in [0.25, 0.3) is 17.7 Å². The molecule has 4 aliphatic heterocycles. The first kappa shape index (κ1) is 42.6. The Labute approximate surface area is 367 Å². The van der Waals surface area contributed by atoms with Gasteiger partial charge in [0.1, 0.15) is 17.4 Å². The predicted octanol–water partition coefficient (Wildman–Crippen LogP) is 5.09. The van der Waals surface area contributed by atoms with Crippen LogP contribution < -0.4 is 21.3 Å². The highest BCUT2D eigenvalue weighted by atomic mass is 35.5. The maximum absolute atomic E-state index is 16.1. The number of benzene rings is 3. The monoisotopic (exact) mass is 874 g/mol. The molecule has 3 aromatic rings. The van der Waals surface area contributed by atoms with E-state index in [1.165, 1.54) is 24.3 Å². The molecule has 8 rings (SSSR count). The lowest BCUT2D eigenvalue weighted by atomic mass is 9.77. The summed E-state index contributed by atoms with van der Waals surface area (Å²) in [5, 5.41) is 11.8. The number of terminal acetylenes is 1. The van der Waals surface area contributed by atoms with Crippen molar-refractivity contribution in [1.29, 1.82) is 0 Å². The van der Waals surface area contributed by atoms with Gasteiger partial charge in [-0.05, 0) is 104 Å². The number of carbonyl (C=O) groups excluding carboxylic acids is 6. The number of rotatable bonds is 10. The fraction of sp³-hybridized carbons (Fsp3) is 0.319. The predicted molar refractivity (Wildman–Crippen MR) is 229 cm³/mol. The summed E-state index contributed by atoms with van der Waals surface area (Å²) < 4.78 is 16.1. The van der Waals surface area contributed by atoms with Gasteiger partial charge in [0, 0.05) is 65.8 Å². The Morgan fingerprint density at radius 2 is 1.79 bits per heavy atom. The Balaban J connectivity index is 0.990. The van der Waals surface area contributed by atoms with E-state index < -0.39 is 52.9 Å². The molecule has 1 aliphatic carbocycles. The van der Waals surface area contributed by atoms with Crippen molar-refractivity contribution in [3.63, 3.8) is 0 Å². The molecule has 0 aromatic heterocycles. The Morgan fingerprint density at radius 1 is 1.03 bits per heavy atom. The number of halogens is 3. The Morgan fingerprint density at radius 3 is 2.52 bits per heavy atom. The standard InChI is InChI=1S/C47H41Cl2FN6O6/c1-3-4-8-30(48)21-23-52-46(62)47(2)39(32-10-6-11-33(49)40(32)50)41-36(55(47)25-26-12-13-26)24-34(53-41)27-14-16-29(17-15-27)42(58)51-22-20-28-7-5-9-31-38(28)45(61)56(44(31)60)35-18-19-37(57)54-43(35)59/h1,4-11,14-17,21,26,34-36,39,41,53H,12-13,18-19,23-25H2,2H3,(H,51,58)(H,52,62)(H,54,57,59)/b8-4-,30-21+/t34-,35?,36+,39+,41-,47-/m1/s1. The minimum Gasteiger partial charge on any atom is -0.351 e. The van der Waals surface area contributed by atoms with Gasteiger partial charge in [-0.15, -0.1) is 6.42 Å². The van der Waals surface area contributed by atoms with Crippen molar-refractivity contribution >= 4 is 58.6 Å². The first-order valence-electron chi connectivity index (χ1n) is 20.3. The van der Waals surface area contributed by atoms with Gasteiger partial charge < -0.3 is 10.6 Å². The maximum Gasteiger partial charge on any atom is 0.263 e. The van der Waals surface area contributed by atoms with Gasteiger partial charge in [0.2, 0.25) is 17.7 Å². The summed E-state index contributed by atoms with van der Waals surface area (Å²) in [4.78, 5) is 81.6. The van der Waals surface area contributed by atoms with Crippen LogP contribution in [0.15, 0.2) is 83.9 Å². The zero-order valence-corrected chi connectivity index (χ0v) is 35.0. The molecule has 15 heteroatoms. The average Bonchev–Trinajstić information content (AvgIpc) is 3.87. The summed E-state index contributed by atoms with van der Waals surface area (Å²) in [6.45, 7) is 2.68. The molecule has 62 heavy (non-hydrogen) atoms. The number of nitrogens with zero attached hydrogens (tertiary/aromatic N) is 2. The van der Waals surface area contributed by atoms with Crippen LogP contribution in [-0.4, -0.2) is 82.0 Å². The number of nitrogens with one attached hydrogen (secondary N) is 4. The van der Waals surface area contributed by atoms with Crippen molar-refractivity contribution in [3.8, 4) is 24.3 Å². The smallest absolute Gasteiger partial charge is 0.263 e. The second-order valence-corrected chi connectivity index (χ2v) is 17.1. The number of hydrogen-bond donors (Lipinski definition) is 4. The molecule has 6 amide bonds. The highest BCUT2D eigenvalue weighted by molar-refractivity contribution is 6.31. The van der Waals surface area contributed by atoms with E-state index in [0.717, 1.165) is 23.3 Å². The van der Waals surface area contributed by atoms with Crippen molar-refractivity contribution in [2.75, 3.05) is 13.1 Å². The van der Waals surface area contributed by atoms with Crippen LogP contribution in [0, 0.1) is 36.0 Å². The van der Waals surface area contributed by atoms with E-state index in [4.69, 9.17) is 29.6 Å². The highest BCUT2D eigenvalue weighted by Gasteiger charge is 2.64. The highest BCUT2D eigenvalue weighted by Crippen LogP contribution is 2.53. The van der Waals surface area contributed by atoms with Gasteiger partial charge >= 0.3 is 0 Å². The Kier molecular flexibility index (Phi) is 11.9. The zero-order valence-electron chi connectivity index (χ0n) is 33.5. The van der Waals surface area contributed by atoms with E-state index >= 15 is 4.39 Å². The van der Waals surface area contributed by atoms with Gasteiger partial charge in [0.05, 0.1) is 16.1 Å². The second-order valence-electron chi connectivity index (χ2n) is 16.2. The number of imide groups is 2. The van der Waals surface area contributed by atoms with Crippen LogP contribution in [0.3, 0.4) is 0 Å². The van der Waals surface area contributed by atoms with Crippen molar-refractivity contribution in [2.45, 2.75) is 74.7 Å². The van der Waals surface area contributed by atoms with Crippen molar-refractivity contribution in [2.24, 2.45) is 5.92 Å². The molecule has 12 nitrogen and oxygen atoms in total.